The van der Waals surface area contributed by atoms with Crippen molar-refractivity contribution in [2.45, 2.75) is 26.7 Å². The van der Waals surface area contributed by atoms with E-state index in [-0.39, 0.29) is 0 Å². The monoisotopic (exact) mass is 212 g/mol. The molecule has 0 aliphatic rings. The summed E-state index contributed by atoms with van der Waals surface area (Å²) in [4.78, 5) is 8.68. The van der Waals surface area contributed by atoms with Gasteiger partial charge in [-0.15, -0.1) is 0 Å². The number of hydrogen-bond acceptors (Lipinski definition) is 2. The predicted octanol–water partition coefficient (Wildman–Crippen LogP) is 2.88. The molecule has 0 N–H and O–H groups in total. The van der Waals surface area contributed by atoms with E-state index in [4.69, 9.17) is 0 Å². The van der Waals surface area contributed by atoms with Crippen LogP contribution in [0.2, 0.25) is 0 Å². The second-order valence-electron chi connectivity index (χ2n) is 4.13. The van der Waals surface area contributed by atoms with Gasteiger partial charge in [0.2, 0.25) is 0 Å². The summed E-state index contributed by atoms with van der Waals surface area (Å²) in [5.74, 6) is 0. The summed E-state index contributed by atoms with van der Waals surface area (Å²) in [5, 5.41) is 0. The van der Waals surface area contributed by atoms with E-state index in [9.17, 15) is 0 Å². The van der Waals surface area contributed by atoms with Crippen LogP contribution in [-0.4, -0.2) is 9.97 Å². The van der Waals surface area contributed by atoms with Crippen LogP contribution in [0.5, 0.6) is 0 Å². The highest BCUT2D eigenvalue weighted by Crippen LogP contribution is 2.06. The van der Waals surface area contributed by atoms with Crippen LogP contribution in [0.3, 0.4) is 0 Å². The number of hydrogen-bond donors (Lipinski definition) is 0. The molecule has 0 aromatic carbocycles. The van der Waals surface area contributed by atoms with Gasteiger partial charge in [-0.1, -0.05) is 12.1 Å². The maximum Gasteiger partial charge on any atom is 0.0407 e. The standard InChI is InChI=1S/C14H16N2/c1-11-3-7-14(16-9-11)8-6-13-5-4-12(2)15-10-13/h3-5,7,9-10H,6,8H2,1-2H3. The zero-order chi connectivity index (χ0) is 11.4. The van der Waals surface area contributed by atoms with Gasteiger partial charge < -0.3 is 0 Å². The molecular formula is C14H16N2. The van der Waals surface area contributed by atoms with Crippen molar-refractivity contribution in [2.75, 3.05) is 0 Å². The fraction of sp³-hybridized carbons (Fsp3) is 0.286. The van der Waals surface area contributed by atoms with Gasteiger partial charge in [0.25, 0.3) is 0 Å². The largest absolute Gasteiger partial charge is 0.261 e. The van der Waals surface area contributed by atoms with Gasteiger partial charge in [0, 0.05) is 23.8 Å². The van der Waals surface area contributed by atoms with E-state index in [1.54, 1.807) is 0 Å². The first-order valence-electron chi connectivity index (χ1n) is 5.57. The van der Waals surface area contributed by atoms with E-state index in [2.05, 4.69) is 41.2 Å². The molecule has 0 amide bonds. The van der Waals surface area contributed by atoms with Gasteiger partial charge in [-0.05, 0) is 49.9 Å². The number of aryl methyl sites for hydroxylation is 4. The van der Waals surface area contributed by atoms with E-state index in [0.717, 1.165) is 24.2 Å². The average Bonchev–Trinajstić information content (AvgIpc) is 2.30. The molecule has 0 aliphatic heterocycles. The molecule has 2 heterocycles. The van der Waals surface area contributed by atoms with E-state index >= 15 is 0 Å². The molecule has 0 bridgehead atoms. The molecule has 0 fully saturated rings. The lowest BCUT2D eigenvalue weighted by atomic mass is 10.1. The third-order valence-electron chi connectivity index (χ3n) is 2.62. The Hall–Kier alpha value is -1.70. The molecule has 2 rings (SSSR count). The van der Waals surface area contributed by atoms with Crippen molar-refractivity contribution in [2.24, 2.45) is 0 Å². The van der Waals surface area contributed by atoms with E-state index < -0.39 is 0 Å². The highest BCUT2D eigenvalue weighted by atomic mass is 14.7. The van der Waals surface area contributed by atoms with Gasteiger partial charge >= 0.3 is 0 Å². The van der Waals surface area contributed by atoms with Gasteiger partial charge in [-0.3, -0.25) is 9.97 Å². The number of pyridine rings is 2. The summed E-state index contributed by atoms with van der Waals surface area (Å²) in [6.45, 7) is 4.06. The topological polar surface area (TPSA) is 25.8 Å². The first kappa shape index (κ1) is 10.8. The summed E-state index contributed by atoms with van der Waals surface area (Å²) in [5.41, 5.74) is 4.69. The molecule has 2 heteroatoms. The Morgan fingerprint density at radius 3 is 2.38 bits per heavy atom. The van der Waals surface area contributed by atoms with Gasteiger partial charge in [0.1, 0.15) is 0 Å². The highest BCUT2D eigenvalue weighted by Gasteiger charge is 1.97. The van der Waals surface area contributed by atoms with Crippen LogP contribution >= 0.6 is 0 Å². The molecular weight excluding hydrogens is 196 g/mol. The van der Waals surface area contributed by atoms with Crippen LogP contribution < -0.4 is 0 Å². The summed E-state index contributed by atoms with van der Waals surface area (Å²) in [6.07, 6.45) is 5.85. The summed E-state index contributed by atoms with van der Waals surface area (Å²) in [6, 6.07) is 8.39. The Morgan fingerprint density at radius 1 is 0.875 bits per heavy atom. The molecule has 2 aromatic rings. The van der Waals surface area contributed by atoms with Crippen molar-refractivity contribution < 1.29 is 0 Å². The van der Waals surface area contributed by atoms with Gasteiger partial charge in [-0.2, -0.15) is 0 Å². The smallest absolute Gasteiger partial charge is 0.0407 e. The molecule has 0 atom stereocenters. The maximum atomic E-state index is 4.39. The molecule has 2 aromatic heterocycles. The summed E-state index contributed by atoms with van der Waals surface area (Å²) in [7, 11) is 0. The van der Waals surface area contributed by atoms with Crippen molar-refractivity contribution in [3.8, 4) is 0 Å². The van der Waals surface area contributed by atoms with Crippen LogP contribution in [0.1, 0.15) is 22.5 Å². The van der Waals surface area contributed by atoms with Crippen LogP contribution in [0.15, 0.2) is 36.7 Å². The lowest BCUT2D eigenvalue weighted by Gasteiger charge is -2.02. The van der Waals surface area contributed by atoms with Crippen LogP contribution in [0, 0.1) is 13.8 Å². The van der Waals surface area contributed by atoms with Crippen LogP contribution in [0.4, 0.5) is 0 Å². The predicted molar refractivity (Wildman–Crippen MR) is 65.4 cm³/mol. The lowest BCUT2D eigenvalue weighted by Crippen LogP contribution is -1.95. The Kier molecular flexibility index (Phi) is 3.30. The van der Waals surface area contributed by atoms with Crippen LogP contribution in [-0.2, 0) is 12.8 Å². The zero-order valence-corrected chi connectivity index (χ0v) is 9.77. The zero-order valence-electron chi connectivity index (χ0n) is 9.77. The maximum absolute atomic E-state index is 4.39. The summed E-state index contributed by atoms with van der Waals surface area (Å²) >= 11 is 0. The second kappa shape index (κ2) is 4.88. The molecule has 0 spiro atoms. The quantitative estimate of drug-likeness (QED) is 0.781. The van der Waals surface area contributed by atoms with Crippen molar-refractivity contribution in [3.63, 3.8) is 0 Å². The van der Waals surface area contributed by atoms with Gasteiger partial charge in [-0.25, -0.2) is 0 Å². The van der Waals surface area contributed by atoms with Crippen molar-refractivity contribution in [3.05, 3.63) is 59.2 Å². The van der Waals surface area contributed by atoms with Gasteiger partial charge in [0.15, 0.2) is 0 Å². The molecule has 2 nitrogen and oxygen atoms in total. The molecule has 82 valence electrons. The normalized spacial score (nSPS) is 10.4. The number of aromatic nitrogens is 2. The lowest BCUT2D eigenvalue weighted by molar-refractivity contribution is 0.902. The molecule has 0 unspecified atom stereocenters. The molecule has 0 radical (unpaired) electrons. The fourth-order valence-electron chi connectivity index (χ4n) is 1.57. The second-order valence-corrected chi connectivity index (χ2v) is 4.13. The Morgan fingerprint density at radius 2 is 1.75 bits per heavy atom. The van der Waals surface area contributed by atoms with Crippen molar-refractivity contribution in [1.29, 1.82) is 0 Å². The van der Waals surface area contributed by atoms with E-state index in [0.29, 0.717) is 0 Å². The van der Waals surface area contributed by atoms with E-state index in [1.807, 2.05) is 19.3 Å². The Balaban J connectivity index is 1.97. The third-order valence-corrected chi connectivity index (χ3v) is 2.62. The Labute approximate surface area is 96.4 Å². The first-order valence-corrected chi connectivity index (χ1v) is 5.57. The SMILES string of the molecule is Cc1ccc(CCc2ccc(C)nc2)nc1. The Bertz CT molecular complexity index is 398. The summed E-state index contributed by atoms with van der Waals surface area (Å²) < 4.78 is 0. The van der Waals surface area contributed by atoms with Crippen LogP contribution in [0.25, 0.3) is 0 Å². The van der Waals surface area contributed by atoms with Gasteiger partial charge in [0.05, 0.1) is 0 Å². The minimum atomic E-state index is 0.977. The highest BCUT2D eigenvalue weighted by molar-refractivity contribution is 5.17. The molecule has 16 heavy (non-hydrogen) atoms. The molecule has 0 saturated heterocycles. The molecule has 0 aliphatic carbocycles. The number of rotatable bonds is 3. The van der Waals surface area contributed by atoms with E-state index in [1.165, 1.54) is 11.1 Å². The minimum Gasteiger partial charge on any atom is -0.261 e. The first-order chi connectivity index (χ1) is 7.74. The minimum absolute atomic E-state index is 0.977. The third kappa shape index (κ3) is 2.89. The average molecular weight is 212 g/mol. The van der Waals surface area contributed by atoms with Crippen molar-refractivity contribution in [1.82, 2.24) is 9.97 Å². The fourth-order valence-corrected chi connectivity index (χ4v) is 1.57. The van der Waals surface area contributed by atoms with Crippen molar-refractivity contribution >= 4 is 0 Å². The number of nitrogens with zero attached hydrogens (tertiary/aromatic N) is 2. The molecule has 0 saturated carbocycles.